The molecule has 1 unspecified atom stereocenters. The van der Waals surface area contributed by atoms with Crippen molar-refractivity contribution in [3.05, 3.63) is 47.3 Å². The molecule has 0 amide bonds. The van der Waals surface area contributed by atoms with E-state index >= 15 is 0 Å². The molecule has 7 nitrogen and oxygen atoms in total. The number of hydrogen-bond acceptors (Lipinski definition) is 4. The van der Waals surface area contributed by atoms with Crippen LogP contribution in [0.4, 0.5) is 5.69 Å². The summed E-state index contributed by atoms with van der Waals surface area (Å²) >= 11 is 0. The maximum absolute atomic E-state index is 5.95. The van der Waals surface area contributed by atoms with Gasteiger partial charge in [0.25, 0.3) is 0 Å². The van der Waals surface area contributed by atoms with E-state index in [2.05, 4.69) is 50.5 Å². The van der Waals surface area contributed by atoms with Gasteiger partial charge in [-0.05, 0) is 30.0 Å². The molecule has 0 aliphatic carbocycles. The molecule has 28 heavy (non-hydrogen) atoms. The summed E-state index contributed by atoms with van der Waals surface area (Å²) in [5.41, 5.74) is 5.23. The Bertz CT molecular complexity index is 845. The lowest BCUT2D eigenvalue weighted by Crippen LogP contribution is -2.47. The number of guanidine groups is 1. The van der Waals surface area contributed by atoms with Crippen molar-refractivity contribution in [2.75, 3.05) is 45.2 Å². The fourth-order valence-electron chi connectivity index (χ4n) is 4.11. The molecule has 1 fully saturated rings. The van der Waals surface area contributed by atoms with Crippen LogP contribution in [0.15, 0.2) is 35.6 Å². The molecule has 3 heterocycles. The van der Waals surface area contributed by atoms with Crippen LogP contribution < -0.4 is 10.2 Å². The van der Waals surface area contributed by atoms with E-state index < -0.39 is 0 Å². The molecule has 2 aliphatic rings. The van der Waals surface area contributed by atoms with E-state index in [0.717, 1.165) is 37.7 Å². The predicted molar refractivity (Wildman–Crippen MR) is 112 cm³/mol. The number of aryl methyl sites for hydroxylation is 2. The summed E-state index contributed by atoms with van der Waals surface area (Å²) in [4.78, 5) is 9.13. The maximum Gasteiger partial charge on any atom is 0.194 e. The highest BCUT2D eigenvalue weighted by Gasteiger charge is 2.25. The van der Waals surface area contributed by atoms with Crippen molar-refractivity contribution in [3.63, 3.8) is 0 Å². The average Bonchev–Trinajstić information content (AvgIpc) is 3.15. The summed E-state index contributed by atoms with van der Waals surface area (Å²) in [7, 11) is 5.95. The summed E-state index contributed by atoms with van der Waals surface area (Å²) < 4.78 is 7.77. The van der Waals surface area contributed by atoms with Gasteiger partial charge in [-0.25, -0.2) is 0 Å². The summed E-state index contributed by atoms with van der Waals surface area (Å²) in [6, 6.07) is 6.81. The van der Waals surface area contributed by atoms with Gasteiger partial charge in [0.2, 0.25) is 0 Å². The molecule has 0 bridgehead atoms. The molecule has 1 atom stereocenters. The number of rotatable bonds is 3. The van der Waals surface area contributed by atoms with Crippen molar-refractivity contribution in [3.8, 4) is 0 Å². The third-order valence-corrected chi connectivity index (χ3v) is 5.62. The van der Waals surface area contributed by atoms with Crippen LogP contribution in [0, 0.1) is 0 Å². The molecule has 0 saturated carbocycles. The quantitative estimate of drug-likeness (QED) is 0.650. The number of anilines is 1. The number of nitrogens with one attached hydrogen (secondary N) is 1. The first-order valence-electron chi connectivity index (χ1n) is 10.0. The van der Waals surface area contributed by atoms with E-state index in [0.29, 0.717) is 6.61 Å². The highest BCUT2D eigenvalue weighted by atomic mass is 16.5. The topological polar surface area (TPSA) is 57.9 Å². The van der Waals surface area contributed by atoms with E-state index in [9.17, 15) is 0 Å². The molecule has 150 valence electrons. The van der Waals surface area contributed by atoms with Crippen molar-refractivity contribution in [1.29, 1.82) is 0 Å². The number of benzene rings is 1. The lowest BCUT2D eigenvalue weighted by molar-refractivity contribution is -0.00805. The van der Waals surface area contributed by atoms with Gasteiger partial charge in [0.05, 0.1) is 19.3 Å². The zero-order valence-electron chi connectivity index (χ0n) is 17.1. The Morgan fingerprint density at radius 1 is 1.32 bits per heavy atom. The predicted octanol–water partition coefficient (Wildman–Crippen LogP) is 1.95. The second kappa shape index (κ2) is 8.22. The van der Waals surface area contributed by atoms with E-state index in [4.69, 9.17) is 4.74 Å². The van der Waals surface area contributed by atoms with E-state index in [-0.39, 0.29) is 6.10 Å². The van der Waals surface area contributed by atoms with Gasteiger partial charge >= 0.3 is 0 Å². The van der Waals surface area contributed by atoms with Crippen molar-refractivity contribution in [2.24, 2.45) is 12.0 Å². The molecule has 7 heteroatoms. The number of hydrogen-bond donors (Lipinski definition) is 1. The van der Waals surface area contributed by atoms with Gasteiger partial charge in [-0.2, -0.15) is 5.10 Å². The van der Waals surface area contributed by atoms with Crippen molar-refractivity contribution >= 4 is 11.6 Å². The van der Waals surface area contributed by atoms with Crippen molar-refractivity contribution in [2.45, 2.75) is 25.5 Å². The Morgan fingerprint density at radius 3 is 3.00 bits per heavy atom. The number of fused-ring (bicyclic) bond motifs is 1. The van der Waals surface area contributed by atoms with Crippen molar-refractivity contribution in [1.82, 2.24) is 20.0 Å². The first-order valence-corrected chi connectivity index (χ1v) is 10.0. The molecular weight excluding hydrogens is 352 g/mol. The van der Waals surface area contributed by atoms with Crippen LogP contribution in [0.2, 0.25) is 0 Å². The maximum atomic E-state index is 5.95. The van der Waals surface area contributed by atoms with E-state index in [1.54, 1.807) is 0 Å². The Morgan fingerprint density at radius 2 is 2.21 bits per heavy atom. The first kappa shape index (κ1) is 18.8. The van der Waals surface area contributed by atoms with E-state index in [1.807, 2.05) is 31.2 Å². The summed E-state index contributed by atoms with van der Waals surface area (Å²) in [5.74, 6) is 0.923. The molecule has 2 aliphatic heterocycles. The third-order valence-electron chi connectivity index (χ3n) is 5.62. The number of nitrogens with zero attached hydrogens (tertiary/aromatic N) is 5. The highest BCUT2D eigenvalue weighted by Crippen LogP contribution is 2.27. The van der Waals surface area contributed by atoms with Gasteiger partial charge in [-0.3, -0.25) is 9.67 Å². The summed E-state index contributed by atoms with van der Waals surface area (Å²) in [5, 5.41) is 7.80. The number of morpholine rings is 1. The van der Waals surface area contributed by atoms with Gasteiger partial charge in [0.1, 0.15) is 6.10 Å². The Balaban J connectivity index is 1.39. The Hall–Kier alpha value is -2.54. The molecule has 4 rings (SSSR count). The Labute approximate surface area is 167 Å². The monoisotopic (exact) mass is 382 g/mol. The molecule has 1 aromatic carbocycles. The molecule has 1 aromatic heterocycles. The second-order valence-corrected chi connectivity index (χ2v) is 7.64. The summed E-state index contributed by atoms with van der Waals surface area (Å²) in [6.07, 6.45) is 6.33. The van der Waals surface area contributed by atoms with Gasteiger partial charge in [-0.15, -0.1) is 0 Å². The minimum atomic E-state index is 0.0280. The van der Waals surface area contributed by atoms with Gasteiger partial charge in [-0.1, -0.05) is 12.1 Å². The summed E-state index contributed by atoms with van der Waals surface area (Å²) in [6.45, 7) is 4.22. The number of ether oxygens (including phenoxy) is 1. The zero-order valence-corrected chi connectivity index (χ0v) is 17.1. The SMILES string of the molecule is CN=C(NCc1ccc2c(c1)CCCN2C)N1CCOC(c2cnn(C)c2)C1. The minimum Gasteiger partial charge on any atom is -0.374 e. The van der Waals surface area contributed by atoms with Crippen LogP contribution in [-0.2, 0) is 24.8 Å². The molecule has 2 aromatic rings. The molecular formula is C21H30N6O. The molecule has 0 spiro atoms. The van der Waals surface area contributed by atoms with Crippen molar-refractivity contribution < 1.29 is 4.74 Å². The van der Waals surface area contributed by atoms with Crippen LogP contribution >= 0.6 is 0 Å². The molecule has 1 N–H and O–H groups in total. The lowest BCUT2D eigenvalue weighted by Gasteiger charge is -2.35. The standard InChI is InChI=1S/C21H30N6O/c1-22-21(27-9-10-28-20(15-27)18-13-24-26(3)14-18)23-12-16-6-7-19-17(11-16)5-4-8-25(19)2/h6-7,11,13-14,20H,4-5,8-10,12,15H2,1-3H3,(H,22,23). The first-order chi connectivity index (χ1) is 13.6. The highest BCUT2D eigenvalue weighted by molar-refractivity contribution is 5.80. The van der Waals surface area contributed by atoms with Crippen LogP contribution in [0.3, 0.4) is 0 Å². The lowest BCUT2D eigenvalue weighted by atomic mass is 9.99. The van der Waals surface area contributed by atoms with Gasteiger partial charge < -0.3 is 19.9 Å². The number of aromatic nitrogens is 2. The smallest absolute Gasteiger partial charge is 0.194 e. The van der Waals surface area contributed by atoms with Gasteiger partial charge in [0, 0.05) is 58.2 Å². The van der Waals surface area contributed by atoms with Crippen LogP contribution in [0.5, 0.6) is 0 Å². The minimum absolute atomic E-state index is 0.0280. The van der Waals surface area contributed by atoms with Gasteiger partial charge in [0.15, 0.2) is 5.96 Å². The zero-order chi connectivity index (χ0) is 19.5. The average molecular weight is 383 g/mol. The molecule has 0 radical (unpaired) electrons. The number of aliphatic imine (C=N–C) groups is 1. The largest absolute Gasteiger partial charge is 0.374 e. The second-order valence-electron chi connectivity index (χ2n) is 7.64. The normalized spacial score (nSPS) is 20.2. The van der Waals surface area contributed by atoms with Crippen LogP contribution in [0.25, 0.3) is 0 Å². The third kappa shape index (κ3) is 3.99. The van der Waals surface area contributed by atoms with E-state index in [1.165, 1.54) is 29.7 Å². The Kier molecular flexibility index (Phi) is 5.52. The molecule has 1 saturated heterocycles. The van der Waals surface area contributed by atoms with Crippen LogP contribution in [-0.4, -0.2) is 61.0 Å². The van der Waals surface area contributed by atoms with Crippen LogP contribution in [0.1, 0.15) is 29.2 Å². The fraction of sp³-hybridized carbons (Fsp3) is 0.524. The fourth-order valence-corrected chi connectivity index (χ4v) is 4.11.